The van der Waals surface area contributed by atoms with Gasteiger partial charge in [-0.15, -0.1) is 0 Å². The van der Waals surface area contributed by atoms with E-state index in [2.05, 4.69) is 48.2 Å². The molecule has 0 aliphatic carbocycles. The highest BCUT2D eigenvalue weighted by atomic mass is 16.3. The van der Waals surface area contributed by atoms with Crippen molar-refractivity contribution in [3.63, 3.8) is 0 Å². The average Bonchev–Trinajstić information content (AvgIpc) is 2.75. The first-order valence-corrected chi connectivity index (χ1v) is 7.10. The highest BCUT2D eigenvalue weighted by molar-refractivity contribution is 5.48. The molecule has 1 saturated heterocycles. The third-order valence-corrected chi connectivity index (χ3v) is 3.73. The van der Waals surface area contributed by atoms with Gasteiger partial charge in [-0.1, -0.05) is 12.1 Å². The second-order valence-corrected chi connectivity index (χ2v) is 6.43. The van der Waals surface area contributed by atoms with Crippen LogP contribution in [0.3, 0.4) is 0 Å². The second kappa shape index (κ2) is 5.51. The normalized spacial score (nSPS) is 20.8. The molecule has 1 aromatic carbocycles. The van der Waals surface area contributed by atoms with Crippen molar-refractivity contribution in [3.05, 3.63) is 29.8 Å². The van der Waals surface area contributed by atoms with Gasteiger partial charge in [-0.2, -0.15) is 0 Å². The van der Waals surface area contributed by atoms with Crippen molar-refractivity contribution in [3.8, 4) is 0 Å². The lowest BCUT2D eigenvalue weighted by Crippen LogP contribution is -2.38. The summed E-state index contributed by atoms with van der Waals surface area (Å²) in [6.45, 7) is 5.60. The SMILES string of the molecule is CN(C)c1cccc(C2CCCN2CC(C)(C)O)c1. The van der Waals surface area contributed by atoms with Gasteiger partial charge in [0.25, 0.3) is 0 Å². The first-order valence-electron chi connectivity index (χ1n) is 7.10. The van der Waals surface area contributed by atoms with Gasteiger partial charge in [0.15, 0.2) is 0 Å². The molecule has 1 aromatic rings. The highest BCUT2D eigenvalue weighted by Gasteiger charge is 2.29. The van der Waals surface area contributed by atoms with Crippen LogP contribution in [-0.2, 0) is 0 Å². The predicted octanol–water partition coefficient (Wildman–Crippen LogP) is 2.66. The van der Waals surface area contributed by atoms with Gasteiger partial charge in [-0.3, -0.25) is 4.90 Å². The van der Waals surface area contributed by atoms with Crippen LogP contribution in [0, 0.1) is 0 Å². The number of β-amino-alcohol motifs (C(OH)–C–C–N with tert-alkyl or cyclic N) is 1. The average molecular weight is 262 g/mol. The minimum absolute atomic E-state index is 0.450. The highest BCUT2D eigenvalue weighted by Crippen LogP contribution is 2.34. The lowest BCUT2D eigenvalue weighted by Gasteiger charge is -2.31. The summed E-state index contributed by atoms with van der Waals surface area (Å²) in [6, 6.07) is 9.20. The lowest BCUT2D eigenvalue weighted by molar-refractivity contribution is 0.0317. The number of rotatable bonds is 4. The minimum atomic E-state index is -0.623. The molecule has 19 heavy (non-hydrogen) atoms. The summed E-state index contributed by atoms with van der Waals surface area (Å²) >= 11 is 0. The van der Waals surface area contributed by atoms with Crippen LogP contribution in [0.2, 0.25) is 0 Å². The molecule has 1 unspecified atom stereocenters. The molecule has 1 heterocycles. The molecule has 106 valence electrons. The molecule has 1 atom stereocenters. The molecule has 3 nitrogen and oxygen atoms in total. The molecule has 0 bridgehead atoms. The summed E-state index contributed by atoms with van der Waals surface area (Å²) in [6.07, 6.45) is 2.40. The van der Waals surface area contributed by atoms with Crippen molar-refractivity contribution in [2.24, 2.45) is 0 Å². The third-order valence-electron chi connectivity index (χ3n) is 3.73. The molecule has 3 heteroatoms. The number of benzene rings is 1. The fraction of sp³-hybridized carbons (Fsp3) is 0.625. The van der Waals surface area contributed by atoms with E-state index in [1.54, 1.807) is 0 Å². The Morgan fingerprint density at radius 1 is 1.37 bits per heavy atom. The molecule has 0 aromatic heterocycles. The maximum Gasteiger partial charge on any atom is 0.0718 e. The van der Waals surface area contributed by atoms with Gasteiger partial charge in [0.05, 0.1) is 5.60 Å². The van der Waals surface area contributed by atoms with Crippen LogP contribution in [0.1, 0.15) is 38.3 Å². The van der Waals surface area contributed by atoms with E-state index in [-0.39, 0.29) is 0 Å². The molecule has 1 N–H and O–H groups in total. The summed E-state index contributed by atoms with van der Waals surface area (Å²) in [5.41, 5.74) is 1.99. The van der Waals surface area contributed by atoms with Gasteiger partial charge in [0.1, 0.15) is 0 Å². The van der Waals surface area contributed by atoms with Gasteiger partial charge in [0.2, 0.25) is 0 Å². The Hall–Kier alpha value is -1.06. The zero-order valence-electron chi connectivity index (χ0n) is 12.6. The lowest BCUT2D eigenvalue weighted by atomic mass is 10.0. The molecular formula is C16H26N2O. The Morgan fingerprint density at radius 3 is 2.74 bits per heavy atom. The van der Waals surface area contributed by atoms with Crippen molar-refractivity contribution in [2.45, 2.75) is 38.3 Å². The van der Waals surface area contributed by atoms with Crippen molar-refractivity contribution < 1.29 is 5.11 Å². The molecule has 0 saturated carbocycles. The molecule has 1 aliphatic heterocycles. The number of aliphatic hydroxyl groups is 1. The van der Waals surface area contributed by atoms with Crippen LogP contribution in [0.25, 0.3) is 0 Å². The Balaban J connectivity index is 2.18. The number of nitrogens with zero attached hydrogens (tertiary/aromatic N) is 2. The Bertz CT molecular complexity index is 423. The third kappa shape index (κ3) is 3.71. The standard InChI is InChI=1S/C16H26N2O/c1-16(2,19)12-18-10-6-9-15(18)13-7-5-8-14(11-13)17(3)4/h5,7-8,11,15,19H,6,9-10,12H2,1-4H3. The largest absolute Gasteiger partial charge is 0.389 e. The first-order chi connectivity index (χ1) is 8.87. The van der Waals surface area contributed by atoms with Crippen molar-refractivity contribution in [1.29, 1.82) is 0 Å². The quantitative estimate of drug-likeness (QED) is 0.903. The van der Waals surface area contributed by atoms with Crippen LogP contribution in [0.5, 0.6) is 0 Å². The number of hydrogen-bond acceptors (Lipinski definition) is 3. The van der Waals surface area contributed by atoms with E-state index in [1.165, 1.54) is 24.1 Å². The van der Waals surface area contributed by atoms with E-state index < -0.39 is 5.60 Å². The summed E-state index contributed by atoms with van der Waals surface area (Å²) in [4.78, 5) is 4.55. The Morgan fingerprint density at radius 2 is 2.11 bits per heavy atom. The van der Waals surface area contributed by atoms with Crippen LogP contribution in [0.4, 0.5) is 5.69 Å². The van der Waals surface area contributed by atoms with E-state index in [9.17, 15) is 5.11 Å². The zero-order valence-corrected chi connectivity index (χ0v) is 12.6. The minimum Gasteiger partial charge on any atom is -0.389 e. The fourth-order valence-electron chi connectivity index (χ4n) is 2.90. The number of likely N-dealkylation sites (tertiary alicyclic amines) is 1. The van der Waals surface area contributed by atoms with Crippen molar-refractivity contribution in [2.75, 3.05) is 32.1 Å². The monoisotopic (exact) mass is 262 g/mol. The maximum absolute atomic E-state index is 10.0. The van der Waals surface area contributed by atoms with Gasteiger partial charge in [-0.25, -0.2) is 0 Å². The fourth-order valence-corrected chi connectivity index (χ4v) is 2.90. The number of hydrogen-bond donors (Lipinski definition) is 1. The molecular weight excluding hydrogens is 236 g/mol. The van der Waals surface area contributed by atoms with Crippen LogP contribution in [-0.4, -0.2) is 42.8 Å². The van der Waals surface area contributed by atoms with Crippen LogP contribution >= 0.6 is 0 Å². The van der Waals surface area contributed by atoms with E-state index in [0.717, 1.165) is 13.1 Å². The first kappa shape index (κ1) is 14.4. The van der Waals surface area contributed by atoms with Gasteiger partial charge in [-0.05, 0) is 50.9 Å². The maximum atomic E-state index is 10.0. The summed E-state index contributed by atoms with van der Waals surface area (Å²) in [7, 11) is 4.14. The summed E-state index contributed by atoms with van der Waals surface area (Å²) in [5, 5.41) is 10.0. The topological polar surface area (TPSA) is 26.7 Å². The van der Waals surface area contributed by atoms with Crippen LogP contribution in [0.15, 0.2) is 24.3 Å². The van der Waals surface area contributed by atoms with Gasteiger partial charge in [0, 0.05) is 32.4 Å². The van der Waals surface area contributed by atoms with Crippen molar-refractivity contribution in [1.82, 2.24) is 4.90 Å². The summed E-state index contributed by atoms with van der Waals surface area (Å²) < 4.78 is 0. The molecule has 0 radical (unpaired) electrons. The van der Waals surface area contributed by atoms with E-state index >= 15 is 0 Å². The zero-order chi connectivity index (χ0) is 14.0. The smallest absolute Gasteiger partial charge is 0.0718 e. The number of anilines is 1. The van der Waals surface area contributed by atoms with E-state index in [0.29, 0.717) is 6.04 Å². The van der Waals surface area contributed by atoms with Crippen molar-refractivity contribution >= 4 is 5.69 Å². The Labute approximate surface area is 116 Å². The van der Waals surface area contributed by atoms with Gasteiger partial charge < -0.3 is 10.0 Å². The molecule has 1 fully saturated rings. The molecule has 1 aliphatic rings. The molecule has 0 spiro atoms. The predicted molar refractivity (Wildman–Crippen MR) is 80.6 cm³/mol. The second-order valence-electron chi connectivity index (χ2n) is 6.43. The Kier molecular flexibility index (Phi) is 4.16. The summed E-state index contributed by atoms with van der Waals surface area (Å²) in [5.74, 6) is 0. The van der Waals surface area contributed by atoms with E-state index in [4.69, 9.17) is 0 Å². The molecule has 2 rings (SSSR count). The van der Waals surface area contributed by atoms with E-state index in [1.807, 2.05) is 13.8 Å². The van der Waals surface area contributed by atoms with Crippen LogP contribution < -0.4 is 4.90 Å². The van der Waals surface area contributed by atoms with Gasteiger partial charge >= 0.3 is 0 Å². The molecule has 0 amide bonds.